The lowest BCUT2D eigenvalue weighted by Crippen LogP contribution is -2.13. The molecule has 0 aliphatic carbocycles. The average Bonchev–Trinajstić information content (AvgIpc) is 3.58. The molecule has 0 radical (unpaired) electrons. The number of aliphatic carboxylic acids is 1. The predicted octanol–water partition coefficient (Wildman–Crippen LogP) is 3.42. The van der Waals surface area contributed by atoms with Crippen LogP contribution in [0.1, 0.15) is 11.3 Å². The van der Waals surface area contributed by atoms with Crippen LogP contribution in [0.5, 0.6) is 11.5 Å². The minimum absolute atomic E-state index is 0.121. The van der Waals surface area contributed by atoms with Crippen LogP contribution in [0.3, 0.4) is 0 Å². The van der Waals surface area contributed by atoms with E-state index in [2.05, 4.69) is 5.10 Å². The normalized spacial score (nSPS) is 11.5. The van der Waals surface area contributed by atoms with Crippen molar-refractivity contribution in [3.8, 4) is 22.8 Å². The SMILES string of the molecule is COc1cc(CCc2nc3ccn(S(=O)(=O)c4ccccc4)c3nc2-c2cnn(CC(=O)O)c2)cc(OC)c1. The third kappa shape index (κ3) is 5.32. The number of carboxylic acids is 1. The number of hydrogen-bond acceptors (Lipinski definition) is 8. The number of ether oxygens (including phenoxy) is 2. The first-order valence-corrected chi connectivity index (χ1v) is 13.4. The summed E-state index contributed by atoms with van der Waals surface area (Å²) in [5, 5.41) is 13.3. The van der Waals surface area contributed by atoms with Crippen molar-refractivity contribution in [2.24, 2.45) is 0 Å². The number of aryl methyl sites for hydroxylation is 2. The lowest BCUT2D eigenvalue weighted by atomic mass is 10.0. The number of carboxylic acid groups (broad SMARTS) is 1. The van der Waals surface area contributed by atoms with E-state index in [1.165, 1.54) is 29.2 Å². The number of methoxy groups -OCH3 is 2. The molecular weight excluding hydrogens is 522 g/mol. The smallest absolute Gasteiger partial charge is 0.325 e. The predicted molar refractivity (Wildman–Crippen MR) is 142 cm³/mol. The maximum absolute atomic E-state index is 13.4. The highest BCUT2D eigenvalue weighted by Gasteiger charge is 2.22. The molecule has 3 heterocycles. The van der Waals surface area contributed by atoms with E-state index in [0.29, 0.717) is 46.8 Å². The maximum atomic E-state index is 13.4. The molecule has 0 amide bonds. The fourth-order valence-electron chi connectivity index (χ4n) is 4.25. The van der Waals surface area contributed by atoms with Crippen LogP contribution in [-0.2, 0) is 34.2 Å². The lowest BCUT2D eigenvalue weighted by molar-refractivity contribution is -0.137. The van der Waals surface area contributed by atoms with Crippen molar-refractivity contribution in [2.75, 3.05) is 14.2 Å². The molecule has 12 heteroatoms. The third-order valence-corrected chi connectivity index (χ3v) is 7.80. The number of hydrogen-bond donors (Lipinski definition) is 1. The van der Waals surface area contributed by atoms with Gasteiger partial charge in [-0.25, -0.2) is 22.4 Å². The minimum Gasteiger partial charge on any atom is -0.497 e. The molecule has 0 spiro atoms. The molecule has 0 bridgehead atoms. The summed E-state index contributed by atoms with van der Waals surface area (Å²) in [6, 6.07) is 15.3. The quantitative estimate of drug-likeness (QED) is 0.279. The highest BCUT2D eigenvalue weighted by atomic mass is 32.2. The number of fused-ring (bicyclic) bond motifs is 1. The van der Waals surface area contributed by atoms with Crippen molar-refractivity contribution in [3.63, 3.8) is 0 Å². The first-order valence-electron chi connectivity index (χ1n) is 11.9. The van der Waals surface area contributed by atoms with Crippen LogP contribution in [0, 0.1) is 0 Å². The molecule has 2 aromatic carbocycles. The van der Waals surface area contributed by atoms with Crippen molar-refractivity contribution in [1.82, 2.24) is 23.7 Å². The molecule has 0 fully saturated rings. The van der Waals surface area contributed by atoms with E-state index in [-0.39, 0.29) is 17.1 Å². The molecule has 0 unspecified atom stereocenters. The van der Waals surface area contributed by atoms with Crippen LogP contribution < -0.4 is 9.47 Å². The third-order valence-electron chi connectivity index (χ3n) is 6.12. The number of benzene rings is 2. The highest BCUT2D eigenvalue weighted by molar-refractivity contribution is 7.90. The van der Waals surface area contributed by atoms with Crippen LogP contribution in [0.15, 0.2) is 78.1 Å². The minimum atomic E-state index is -3.93. The molecule has 0 saturated heterocycles. The van der Waals surface area contributed by atoms with E-state index in [0.717, 1.165) is 9.54 Å². The Morgan fingerprint density at radius 3 is 2.36 bits per heavy atom. The molecule has 0 saturated carbocycles. The topological polar surface area (TPSA) is 138 Å². The van der Waals surface area contributed by atoms with Crippen molar-refractivity contribution < 1.29 is 27.8 Å². The van der Waals surface area contributed by atoms with Crippen molar-refractivity contribution in [1.29, 1.82) is 0 Å². The summed E-state index contributed by atoms with van der Waals surface area (Å²) in [7, 11) is -0.763. The van der Waals surface area contributed by atoms with Gasteiger partial charge in [0.15, 0.2) is 5.65 Å². The highest BCUT2D eigenvalue weighted by Crippen LogP contribution is 2.28. The summed E-state index contributed by atoms with van der Waals surface area (Å²) in [6.45, 7) is -0.326. The fraction of sp³-hybridized carbons (Fsp3) is 0.185. The van der Waals surface area contributed by atoms with Gasteiger partial charge in [0.25, 0.3) is 10.0 Å². The Morgan fingerprint density at radius 2 is 1.69 bits per heavy atom. The molecular formula is C27H25N5O6S. The van der Waals surface area contributed by atoms with Crippen molar-refractivity contribution >= 4 is 27.2 Å². The van der Waals surface area contributed by atoms with Gasteiger partial charge in [-0.3, -0.25) is 9.48 Å². The second kappa shape index (κ2) is 10.6. The Hall–Kier alpha value is -4.71. The Labute approximate surface area is 224 Å². The monoisotopic (exact) mass is 547 g/mol. The van der Waals surface area contributed by atoms with Gasteiger partial charge in [-0.05, 0) is 48.7 Å². The Bertz CT molecular complexity index is 1740. The van der Waals surface area contributed by atoms with Gasteiger partial charge in [0, 0.05) is 24.0 Å². The number of aromatic nitrogens is 5. The summed E-state index contributed by atoms with van der Waals surface area (Å²) in [6.07, 6.45) is 5.50. The molecule has 3 aromatic heterocycles. The average molecular weight is 548 g/mol. The van der Waals surface area contributed by atoms with Gasteiger partial charge < -0.3 is 14.6 Å². The summed E-state index contributed by atoms with van der Waals surface area (Å²) >= 11 is 0. The molecule has 0 atom stereocenters. The van der Waals surface area contributed by atoms with Crippen molar-refractivity contribution in [3.05, 3.63) is 84.4 Å². The fourth-order valence-corrected chi connectivity index (χ4v) is 5.56. The van der Waals surface area contributed by atoms with Crippen LogP contribution in [0.2, 0.25) is 0 Å². The molecule has 200 valence electrons. The summed E-state index contributed by atoms with van der Waals surface area (Å²) < 4.78 is 39.9. The van der Waals surface area contributed by atoms with Crippen LogP contribution >= 0.6 is 0 Å². The zero-order valence-corrected chi connectivity index (χ0v) is 22.0. The zero-order valence-electron chi connectivity index (χ0n) is 21.2. The number of carbonyl (C=O) groups is 1. The molecule has 0 aliphatic heterocycles. The van der Waals surface area contributed by atoms with Gasteiger partial charge in [-0.2, -0.15) is 5.10 Å². The first-order chi connectivity index (χ1) is 18.8. The lowest BCUT2D eigenvalue weighted by Gasteiger charge is -2.11. The molecule has 0 aliphatic rings. The molecule has 39 heavy (non-hydrogen) atoms. The van der Waals surface area contributed by atoms with Crippen LogP contribution in [0.4, 0.5) is 0 Å². The van der Waals surface area contributed by atoms with Crippen LogP contribution in [-0.4, -0.2) is 57.4 Å². The van der Waals surface area contributed by atoms with E-state index in [1.807, 2.05) is 12.1 Å². The number of rotatable bonds is 10. The first kappa shape index (κ1) is 25.9. The second-order valence-corrected chi connectivity index (χ2v) is 10.5. The van der Waals surface area contributed by atoms with E-state index >= 15 is 0 Å². The Morgan fingerprint density at radius 1 is 0.974 bits per heavy atom. The summed E-state index contributed by atoms with van der Waals surface area (Å²) in [4.78, 5) is 20.8. The number of nitrogens with zero attached hydrogens (tertiary/aromatic N) is 5. The molecule has 5 aromatic rings. The maximum Gasteiger partial charge on any atom is 0.325 e. The summed E-state index contributed by atoms with van der Waals surface area (Å²) in [5.41, 5.74) is 3.06. The van der Waals surface area contributed by atoms with E-state index in [4.69, 9.17) is 24.5 Å². The zero-order chi connectivity index (χ0) is 27.6. The Balaban J connectivity index is 1.60. The van der Waals surface area contributed by atoms with Gasteiger partial charge in [0.05, 0.1) is 36.7 Å². The van der Waals surface area contributed by atoms with E-state index < -0.39 is 16.0 Å². The van der Waals surface area contributed by atoms with Crippen molar-refractivity contribution in [2.45, 2.75) is 24.3 Å². The molecule has 5 rings (SSSR count). The molecule has 11 nitrogen and oxygen atoms in total. The largest absolute Gasteiger partial charge is 0.497 e. The van der Waals surface area contributed by atoms with E-state index in [9.17, 15) is 13.2 Å². The van der Waals surface area contributed by atoms with Gasteiger partial charge in [-0.15, -0.1) is 0 Å². The van der Waals surface area contributed by atoms with Gasteiger partial charge in [-0.1, -0.05) is 18.2 Å². The van der Waals surface area contributed by atoms with Gasteiger partial charge >= 0.3 is 5.97 Å². The standard InChI is InChI=1S/C27H25N5O6S/c1-37-20-12-18(13-21(14-20)38-2)8-9-23-26(19-15-28-31(16-19)17-25(33)34)30-27-24(29-23)10-11-32(27)39(35,36)22-6-4-3-5-7-22/h3-7,10-16H,8-9,17H2,1-2H3,(H,33,34). The Kier molecular flexibility index (Phi) is 7.03. The second-order valence-electron chi connectivity index (χ2n) is 8.70. The molecule has 1 N–H and O–H groups in total. The van der Waals surface area contributed by atoms with Gasteiger partial charge in [0.2, 0.25) is 0 Å². The summed E-state index contributed by atoms with van der Waals surface area (Å²) in [5.74, 6) is 0.273. The van der Waals surface area contributed by atoms with Crippen LogP contribution in [0.25, 0.3) is 22.4 Å². The van der Waals surface area contributed by atoms with Gasteiger partial charge in [0.1, 0.15) is 23.6 Å². The van der Waals surface area contributed by atoms with E-state index in [1.54, 1.807) is 50.7 Å².